The smallest absolute Gasteiger partial charge is 0.399 e. The molecule has 4 aliphatic rings. The zero-order chi connectivity index (χ0) is 31.5. The van der Waals surface area contributed by atoms with E-state index in [1.807, 2.05) is 38.7 Å². The number of amides is 2. The van der Waals surface area contributed by atoms with Crippen molar-refractivity contribution < 1.29 is 23.3 Å². The number of carbonyl (C=O) groups excluding carboxylic acids is 2. The maximum absolute atomic E-state index is 16.5. The van der Waals surface area contributed by atoms with Crippen LogP contribution in [0.2, 0.25) is 0 Å². The molecule has 2 amide bonds. The number of H-pyrrole nitrogens is 1. The van der Waals surface area contributed by atoms with Gasteiger partial charge in [-0.2, -0.15) is 0 Å². The molecule has 13 heteroatoms. The Kier molecular flexibility index (Phi) is 7.61. The number of aromatic nitrogens is 4. The van der Waals surface area contributed by atoms with Crippen LogP contribution in [0.15, 0.2) is 30.6 Å². The number of piperazine rings is 1. The second-order valence-corrected chi connectivity index (χ2v) is 13.7. The molecule has 3 aromatic rings. The average Bonchev–Trinajstić information content (AvgIpc) is 3.45. The summed E-state index contributed by atoms with van der Waals surface area (Å²) in [7, 11) is -0.762. The Labute approximate surface area is 262 Å². The standard InChI is InChI=1S/C32H41BFN7O4/c1-31(2)32(3,4)45-33(44-31)25-18-23(21-6-5-11-40(20-21)27(42)9-12-41-13-10-35-37-41)28(34)29-24(25)19-26(36-29)30(43)39-16-14-38(15-17-39)22-7-8-22/h6,10,13,18-19,22,36H,5,7-9,11-12,14-17,20H2,1-4H3. The zero-order valence-electron chi connectivity index (χ0n) is 26.5. The van der Waals surface area contributed by atoms with Crippen molar-refractivity contribution in [3.05, 3.63) is 47.7 Å². The molecule has 1 N–H and O–H groups in total. The first kappa shape index (κ1) is 30.1. The molecule has 0 unspecified atom stereocenters. The highest BCUT2D eigenvalue weighted by atomic mass is 19.1. The van der Waals surface area contributed by atoms with Gasteiger partial charge >= 0.3 is 7.12 Å². The van der Waals surface area contributed by atoms with Gasteiger partial charge in [0.1, 0.15) is 5.69 Å². The van der Waals surface area contributed by atoms with Gasteiger partial charge in [0.25, 0.3) is 5.91 Å². The number of nitrogens with zero attached hydrogens (tertiary/aromatic N) is 6. The van der Waals surface area contributed by atoms with Crippen molar-refractivity contribution in [3.63, 3.8) is 0 Å². The van der Waals surface area contributed by atoms with E-state index in [0.29, 0.717) is 66.3 Å². The number of hydrogen-bond donors (Lipinski definition) is 1. The normalized spacial score (nSPS) is 21.9. The molecule has 3 fully saturated rings. The number of fused-ring (bicyclic) bond motifs is 1. The summed E-state index contributed by atoms with van der Waals surface area (Å²) in [6, 6.07) is 4.19. The molecule has 1 aliphatic carbocycles. The van der Waals surface area contributed by atoms with Crippen molar-refractivity contribution in [3.8, 4) is 0 Å². The number of aryl methyl sites for hydroxylation is 1. The molecule has 5 heterocycles. The number of benzene rings is 1. The van der Waals surface area contributed by atoms with Crippen LogP contribution in [-0.2, 0) is 20.6 Å². The maximum atomic E-state index is 16.5. The van der Waals surface area contributed by atoms with Gasteiger partial charge in [-0.25, -0.2) is 4.39 Å². The van der Waals surface area contributed by atoms with E-state index >= 15 is 4.39 Å². The van der Waals surface area contributed by atoms with Gasteiger partial charge in [-0.3, -0.25) is 19.2 Å². The van der Waals surface area contributed by atoms with Crippen LogP contribution in [0.5, 0.6) is 0 Å². The molecule has 0 atom stereocenters. The summed E-state index contributed by atoms with van der Waals surface area (Å²) in [6.07, 6.45) is 8.66. The number of carbonyl (C=O) groups is 2. The van der Waals surface area contributed by atoms with E-state index in [2.05, 4.69) is 20.2 Å². The topological polar surface area (TPSA) is 109 Å². The van der Waals surface area contributed by atoms with E-state index in [1.165, 1.54) is 12.8 Å². The van der Waals surface area contributed by atoms with E-state index in [4.69, 9.17) is 9.31 Å². The molecule has 2 saturated heterocycles. The quantitative estimate of drug-likeness (QED) is 0.407. The summed E-state index contributed by atoms with van der Waals surface area (Å²) in [4.78, 5) is 36.0. The highest BCUT2D eigenvalue weighted by molar-refractivity contribution is 6.65. The zero-order valence-corrected chi connectivity index (χ0v) is 26.5. The van der Waals surface area contributed by atoms with Crippen LogP contribution >= 0.6 is 0 Å². The summed E-state index contributed by atoms with van der Waals surface area (Å²) >= 11 is 0. The molecule has 0 radical (unpaired) electrons. The Bertz CT molecular complexity index is 1620. The Morgan fingerprint density at radius 3 is 2.44 bits per heavy atom. The number of rotatable bonds is 7. The van der Waals surface area contributed by atoms with E-state index in [9.17, 15) is 9.59 Å². The van der Waals surface area contributed by atoms with Crippen molar-refractivity contribution in [1.82, 2.24) is 34.7 Å². The number of halogens is 1. The molecule has 0 bridgehead atoms. The summed E-state index contributed by atoms with van der Waals surface area (Å²) in [5.74, 6) is -0.618. The first-order chi connectivity index (χ1) is 21.5. The molecule has 7 rings (SSSR count). The second-order valence-electron chi connectivity index (χ2n) is 13.7. The van der Waals surface area contributed by atoms with Gasteiger partial charge < -0.3 is 24.1 Å². The Morgan fingerprint density at radius 2 is 1.78 bits per heavy atom. The Morgan fingerprint density at radius 1 is 1.04 bits per heavy atom. The van der Waals surface area contributed by atoms with E-state index in [0.717, 1.165) is 13.1 Å². The molecule has 2 aromatic heterocycles. The van der Waals surface area contributed by atoms with Crippen molar-refractivity contribution in [1.29, 1.82) is 0 Å². The third-order valence-corrected chi connectivity index (χ3v) is 10.2. The minimum atomic E-state index is -0.762. The molecule has 1 saturated carbocycles. The van der Waals surface area contributed by atoms with Gasteiger partial charge in [-0.1, -0.05) is 17.4 Å². The molecular weight excluding hydrogens is 576 g/mol. The third kappa shape index (κ3) is 5.70. The average molecular weight is 618 g/mol. The first-order valence-corrected chi connectivity index (χ1v) is 16.1. The first-order valence-electron chi connectivity index (χ1n) is 16.1. The molecule has 3 aliphatic heterocycles. The van der Waals surface area contributed by atoms with Crippen LogP contribution in [0.3, 0.4) is 0 Å². The minimum absolute atomic E-state index is 0.0293. The molecule has 11 nitrogen and oxygen atoms in total. The number of nitrogens with one attached hydrogen (secondary N) is 1. The van der Waals surface area contributed by atoms with Crippen molar-refractivity contribution in [2.75, 3.05) is 39.3 Å². The van der Waals surface area contributed by atoms with Gasteiger partial charge in [-0.15, -0.1) is 5.10 Å². The number of hydrogen-bond acceptors (Lipinski definition) is 7. The summed E-state index contributed by atoms with van der Waals surface area (Å²) < 4.78 is 31.0. The lowest BCUT2D eigenvalue weighted by molar-refractivity contribution is -0.131. The third-order valence-electron chi connectivity index (χ3n) is 10.2. The lowest BCUT2D eigenvalue weighted by Gasteiger charge is -2.34. The Hall–Kier alpha value is -3.55. The minimum Gasteiger partial charge on any atom is -0.399 e. The second kappa shape index (κ2) is 11.4. The summed E-state index contributed by atoms with van der Waals surface area (Å²) in [5.41, 5.74) is 1.13. The van der Waals surface area contributed by atoms with Crippen LogP contribution < -0.4 is 5.46 Å². The van der Waals surface area contributed by atoms with Crippen molar-refractivity contribution >= 4 is 40.9 Å². The lowest BCUT2D eigenvalue weighted by Crippen LogP contribution is -2.49. The number of aromatic amines is 1. The SMILES string of the molecule is CC1(C)OB(c2cc(C3=CCCN(C(=O)CCn4ccnn4)C3)c(F)c3[nH]c(C(=O)N4CCN(C5CC5)CC4)cc23)OC1(C)C. The maximum Gasteiger partial charge on any atom is 0.495 e. The van der Waals surface area contributed by atoms with E-state index in [1.54, 1.807) is 34.1 Å². The fourth-order valence-electron chi connectivity index (χ4n) is 6.57. The molecule has 238 valence electrons. The van der Waals surface area contributed by atoms with E-state index in [-0.39, 0.29) is 30.3 Å². The van der Waals surface area contributed by atoms with Crippen LogP contribution in [-0.4, -0.2) is 110 Å². The van der Waals surface area contributed by atoms with Crippen LogP contribution in [0, 0.1) is 5.82 Å². The molecular formula is C32H41BFN7O4. The highest BCUT2D eigenvalue weighted by Crippen LogP contribution is 2.38. The van der Waals surface area contributed by atoms with Crippen molar-refractivity contribution in [2.24, 2.45) is 0 Å². The van der Waals surface area contributed by atoms with Gasteiger partial charge in [0.15, 0.2) is 5.82 Å². The predicted octanol–water partition coefficient (Wildman–Crippen LogP) is 2.82. The van der Waals surface area contributed by atoms with Crippen LogP contribution in [0.1, 0.15) is 69.4 Å². The molecule has 0 spiro atoms. The largest absolute Gasteiger partial charge is 0.495 e. The van der Waals surface area contributed by atoms with Crippen molar-refractivity contribution in [2.45, 2.75) is 77.2 Å². The summed E-state index contributed by atoms with van der Waals surface area (Å²) in [6.45, 7) is 12.2. The molecule has 45 heavy (non-hydrogen) atoms. The monoisotopic (exact) mass is 617 g/mol. The molecule has 1 aromatic carbocycles. The van der Waals surface area contributed by atoms with Crippen LogP contribution in [0.25, 0.3) is 16.5 Å². The van der Waals surface area contributed by atoms with E-state index < -0.39 is 24.1 Å². The van der Waals surface area contributed by atoms with Gasteiger partial charge in [0.05, 0.1) is 29.5 Å². The Balaban J connectivity index is 1.20. The van der Waals surface area contributed by atoms with Gasteiger partial charge in [0, 0.05) is 68.9 Å². The highest BCUT2D eigenvalue weighted by Gasteiger charge is 2.52. The lowest BCUT2D eigenvalue weighted by atomic mass is 9.75. The fourth-order valence-corrected chi connectivity index (χ4v) is 6.57. The van der Waals surface area contributed by atoms with Crippen LogP contribution in [0.4, 0.5) is 4.39 Å². The predicted molar refractivity (Wildman–Crippen MR) is 168 cm³/mol. The summed E-state index contributed by atoms with van der Waals surface area (Å²) in [5, 5.41) is 8.30. The van der Waals surface area contributed by atoms with Gasteiger partial charge in [0.2, 0.25) is 5.91 Å². The fraction of sp³-hybridized carbons (Fsp3) is 0.562. The van der Waals surface area contributed by atoms with Gasteiger partial charge in [-0.05, 0) is 64.1 Å².